The summed E-state index contributed by atoms with van der Waals surface area (Å²) < 4.78 is 5.95. The molecule has 0 radical (unpaired) electrons. The number of ether oxygens (including phenoxy) is 1. The van der Waals surface area contributed by atoms with Gasteiger partial charge in [-0.3, -0.25) is 4.79 Å². The summed E-state index contributed by atoms with van der Waals surface area (Å²) in [6, 6.07) is 8.28. The number of benzene rings is 1. The first-order valence-corrected chi connectivity index (χ1v) is 7.44. The SMILES string of the molecule is COC(=O)[C@H](C)c1ccc(CCCCI)cc1. The number of hydrogen-bond donors (Lipinski definition) is 0. The Labute approximate surface area is 117 Å². The van der Waals surface area contributed by atoms with Crippen LogP contribution in [-0.2, 0) is 16.0 Å². The van der Waals surface area contributed by atoms with Crippen LogP contribution >= 0.6 is 22.6 Å². The smallest absolute Gasteiger partial charge is 0.312 e. The minimum atomic E-state index is -0.178. The van der Waals surface area contributed by atoms with Crippen molar-refractivity contribution in [1.82, 2.24) is 0 Å². The lowest BCUT2D eigenvalue weighted by atomic mass is 9.98. The summed E-state index contributed by atoms with van der Waals surface area (Å²) >= 11 is 2.40. The first-order chi connectivity index (χ1) is 8.19. The minimum Gasteiger partial charge on any atom is -0.469 e. The molecule has 1 aromatic carbocycles. The molecular weight excluding hydrogens is 327 g/mol. The highest BCUT2D eigenvalue weighted by atomic mass is 127. The molecule has 1 atom stereocenters. The van der Waals surface area contributed by atoms with Gasteiger partial charge in [-0.1, -0.05) is 46.9 Å². The summed E-state index contributed by atoms with van der Waals surface area (Å²) in [6.07, 6.45) is 3.62. The van der Waals surface area contributed by atoms with Crippen molar-refractivity contribution in [1.29, 1.82) is 0 Å². The van der Waals surface area contributed by atoms with Gasteiger partial charge in [0.1, 0.15) is 0 Å². The second-order valence-electron chi connectivity index (χ2n) is 4.13. The predicted octanol–water partition coefficient (Wildman–Crippen LogP) is 3.72. The van der Waals surface area contributed by atoms with Crippen molar-refractivity contribution in [2.75, 3.05) is 11.5 Å². The Hall–Kier alpha value is -0.580. The van der Waals surface area contributed by atoms with Gasteiger partial charge in [0.15, 0.2) is 0 Å². The second-order valence-corrected chi connectivity index (χ2v) is 5.21. The Kier molecular flexibility index (Phi) is 6.55. The second kappa shape index (κ2) is 7.69. The van der Waals surface area contributed by atoms with Gasteiger partial charge in [0.2, 0.25) is 0 Å². The number of aryl methyl sites for hydroxylation is 1. The van der Waals surface area contributed by atoms with Crippen LogP contribution in [0.2, 0.25) is 0 Å². The molecule has 0 heterocycles. The maximum absolute atomic E-state index is 11.4. The van der Waals surface area contributed by atoms with Gasteiger partial charge < -0.3 is 4.74 Å². The van der Waals surface area contributed by atoms with E-state index in [9.17, 15) is 4.79 Å². The van der Waals surface area contributed by atoms with E-state index in [1.54, 1.807) is 0 Å². The van der Waals surface area contributed by atoms with E-state index in [4.69, 9.17) is 4.74 Å². The molecule has 2 nitrogen and oxygen atoms in total. The molecule has 0 unspecified atom stereocenters. The lowest BCUT2D eigenvalue weighted by molar-refractivity contribution is -0.141. The minimum absolute atomic E-state index is 0.177. The monoisotopic (exact) mass is 346 g/mol. The number of unbranched alkanes of at least 4 members (excludes halogenated alkanes) is 1. The lowest BCUT2D eigenvalue weighted by Gasteiger charge is -2.10. The van der Waals surface area contributed by atoms with Gasteiger partial charge in [-0.15, -0.1) is 0 Å². The number of esters is 1. The summed E-state index contributed by atoms with van der Waals surface area (Å²) in [7, 11) is 1.43. The Balaban J connectivity index is 2.58. The number of carbonyl (C=O) groups excluding carboxylic acids is 1. The van der Waals surface area contributed by atoms with Gasteiger partial charge in [0.05, 0.1) is 13.0 Å². The molecule has 0 amide bonds. The zero-order valence-electron chi connectivity index (χ0n) is 10.4. The topological polar surface area (TPSA) is 26.3 Å². The average molecular weight is 346 g/mol. The number of alkyl halides is 1. The summed E-state index contributed by atoms with van der Waals surface area (Å²) in [4.78, 5) is 11.4. The molecule has 0 fully saturated rings. The van der Waals surface area contributed by atoms with Crippen molar-refractivity contribution < 1.29 is 9.53 Å². The van der Waals surface area contributed by atoms with E-state index in [1.807, 2.05) is 19.1 Å². The zero-order valence-corrected chi connectivity index (χ0v) is 12.6. The van der Waals surface area contributed by atoms with Crippen LogP contribution in [0.15, 0.2) is 24.3 Å². The predicted molar refractivity (Wildman–Crippen MR) is 78.7 cm³/mol. The van der Waals surface area contributed by atoms with Gasteiger partial charge in [-0.2, -0.15) is 0 Å². The fourth-order valence-corrected chi connectivity index (χ4v) is 2.25. The molecule has 0 aliphatic carbocycles. The van der Waals surface area contributed by atoms with Crippen LogP contribution in [0.1, 0.15) is 36.8 Å². The first-order valence-electron chi connectivity index (χ1n) is 5.91. The van der Waals surface area contributed by atoms with Gasteiger partial charge >= 0.3 is 5.97 Å². The molecule has 94 valence electrons. The van der Waals surface area contributed by atoms with Gasteiger partial charge in [0.25, 0.3) is 0 Å². The van der Waals surface area contributed by atoms with Crippen LogP contribution in [0.4, 0.5) is 0 Å². The maximum Gasteiger partial charge on any atom is 0.312 e. The van der Waals surface area contributed by atoms with Crippen molar-refractivity contribution in [3.63, 3.8) is 0 Å². The number of carbonyl (C=O) groups is 1. The van der Waals surface area contributed by atoms with Gasteiger partial charge in [-0.05, 0) is 41.7 Å². The molecule has 3 heteroatoms. The highest BCUT2D eigenvalue weighted by Gasteiger charge is 2.14. The maximum atomic E-state index is 11.4. The van der Waals surface area contributed by atoms with E-state index in [2.05, 4.69) is 34.7 Å². The molecule has 0 aromatic heterocycles. The van der Waals surface area contributed by atoms with Crippen LogP contribution in [0, 0.1) is 0 Å². The van der Waals surface area contributed by atoms with E-state index in [-0.39, 0.29) is 11.9 Å². The Bertz CT molecular complexity index is 346. The molecule has 0 aliphatic heterocycles. The summed E-state index contributed by atoms with van der Waals surface area (Å²) in [5, 5.41) is 0. The quantitative estimate of drug-likeness (QED) is 0.340. The third-order valence-corrected chi connectivity index (χ3v) is 3.65. The van der Waals surface area contributed by atoms with Crippen molar-refractivity contribution >= 4 is 28.6 Å². The van der Waals surface area contributed by atoms with Gasteiger partial charge in [-0.25, -0.2) is 0 Å². The van der Waals surface area contributed by atoms with Crippen molar-refractivity contribution in [2.45, 2.75) is 32.1 Å². The van der Waals surface area contributed by atoms with E-state index >= 15 is 0 Å². The summed E-state index contributed by atoms with van der Waals surface area (Å²) in [5.74, 6) is -0.356. The Morgan fingerprint density at radius 2 is 1.94 bits per heavy atom. The number of halogens is 1. The van der Waals surface area contributed by atoms with Crippen LogP contribution < -0.4 is 0 Å². The number of methoxy groups -OCH3 is 1. The van der Waals surface area contributed by atoms with Crippen LogP contribution in [0.3, 0.4) is 0 Å². The zero-order chi connectivity index (χ0) is 12.7. The average Bonchev–Trinajstić information content (AvgIpc) is 2.38. The standard InChI is InChI=1S/C14H19IO2/c1-11(14(16)17-2)13-8-6-12(7-9-13)5-3-4-10-15/h6-9,11H,3-5,10H2,1-2H3/t11-/m1/s1. The molecule has 1 aromatic rings. The molecule has 0 N–H and O–H groups in total. The first kappa shape index (κ1) is 14.5. The van der Waals surface area contributed by atoms with Crippen molar-refractivity contribution in [3.8, 4) is 0 Å². The van der Waals surface area contributed by atoms with E-state index in [1.165, 1.54) is 29.9 Å². The molecule has 0 bridgehead atoms. The Morgan fingerprint density at radius 1 is 1.29 bits per heavy atom. The van der Waals surface area contributed by atoms with Crippen LogP contribution in [0.5, 0.6) is 0 Å². The molecule has 0 saturated heterocycles. The van der Waals surface area contributed by atoms with Crippen LogP contribution in [-0.4, -0.2) is 17.5 Å². The van der Waals surface area contributed by atoms with Gasteiger partial charge in [0, 0.05) is 0 Å². The molecule has 1 rings (SSSR count). The third kappa shape index (κ3) is 4.66. The van der Waals surface area contributed by atoms with E-state index in [0.29, 0.717) is 0 Å². The van der Waals surface area contributed by atoms with E-state index in [0.717, 1.165) is 12.0 Å². The normalized spacial score (nSPS) is 12.2. The number of rotatable bonds is 6. The largest absolute Gasteiger partial charge is 0.469 e. The Morgan fingerprint density at radius 3 is 2.47 bits per heavy atom. The summed E-state index contributed by atoms with van der Waals surface area (Å²) in [5.41, 5.74) is 2.37. The van der Waals surface area contributed by atoms with E-state index < -0.39 is 0 Å². The van der Waals surface area contributed by atoms with Crippen LogP contribution in [0.25, 0.3) is 0 Å². The highest BCUT2D eigenvalue weighted by molar-refractivity contribution is 14.1. The number of hydrogen-bond acceptors (Lipinski definition) is 2. The summed E-state index contributed by atoms with van der Waals surface area (Å²) in [6.45, 7) is 1.87. The fraction of sp³-hybridized carbons (Fsp3) is 0.500. The molecule has 0 saturated carbocycles. The van der Waals surface area contributed by atoms with Crippen molar-refractivity contribution in [2.24, 2.45) is 0 Å². The molecule has 0 spiro atoms. The fourth-order valence-electron chi connectivity index (χ4n) is 1.71. The molecule has 17 heavy (non-hydrogen) atoms. The molecule has 0 aliphatic rings. The molecular formula is C14H19IO2. The highest BCUT2D eigenvalue weighted by Crippen LogP contribution is 2.18. The lowest BCUT2D eigenvalue weighted by Crippen LogP contribution is -2.10. The van der Waals surface area contributed by atoms with Crippen molar-refractivity contribution in [3.05, 3.63) is 35.4 Å². The third-order valence-electron chi connectivity index (χ3n) is 2.88.